The lowest BCUT2D eigenvalue weighted by molar-refractivity contribution is -0.145. The van der Waals surface area contributed by atoms with Crippen LogP contribution < -0.4 is 0 Å². The zero-order valence-corrected chi connectivity index (χ0v) is 12.8. The van der Waals surface area contributed by atoms with E-state index in [2.05, 4.69) is 4.74 Å². The maximum Gasteiger partial charge on any atom is 0.321 e. The predicted molar refractivity (Wildman–Crippen MR) is 71.3 cm³/mol. The van der Waals surface area contributed by atoms with Gasteiger partial charge in [-0.1, -0.05) is 6.42 Å². The Balaban J connectivity index is 2.81. The molecule has 0 aromatic carbocycles. The molecule has 0 radical (unpaired) electrons. The fourth-order valence-corrected chi connectivity index (χ4v) is 4.29. The van der Waals surface area contributed by atoms with Gasteiger partial charge in [-0.2, -0.15) is 4.31 Å². The van der Waals surface area contributed by atoms with Crippen molar-refractivity contribution in [3.05, 3.63) is 0 Å². The lowest BCUT2D eigenvalue weighted by Crippen LogP contribution is -2.42. The molecule has 1 saturated carbocycles. The summed E-state index contributed by atoms with van der Waals surface area (Å²) in [6, 6.07) is 0. The molecular formula is C12H21NO6S. The van der Waals surface area contributed by atoms with E-state index in [9.17, 15) is 18.0 Å². The maximum absolute atomic E-state index is 12.4. The van der Waals surface area contributed by atoms with Crippen LogP contribution in [0, 0.1) is 5.92 Å². The summed E-state index contributed by atoms with van der Waals surface area (Å²) in [5.74, 6) is -1.78. The highest BCUT2D eigenvalue weighted by Gasteiger charge is 2.44. The highest BCUT2D eigenvalue weighted by atomic mass is 32.2. The zero-order chi connectivity index (χ0) is 15.3. The Bertz CT molecular complexity index is 461. The van der Waals surface area contributed by atoms with Crippen LogP contribution in [0.3, 0.4) is 0 Å². The first kappa shape index (κ1) is 16.9. The van der Waals surface area contributed by atoms with Crippen LogP contribution >= 0.6 is 0 Å². The van der Waals surface area contributed by atoms with Crippen molar-refractivity contribution in [2.75, 3.05) is 27.3 Å². The average Bonchev–Trinajstić information content (AvgIpc) is 2.87. The number of rotatable bonds is 6. The number of likely N-dealkylation sites (N-methyl/N-ethyl adjacent to an activating group) is 1. The van der Waals surface area contributed by atoms with Gasteiger partial charge in [-0.25, -0.2) is 8.42 Å². The van der Waals surface area contributed by atoms with Crippen LogP contribution in [0.15, 0.2) is 0 Å². The van der Waals surface area contributed by atoms with Crippen molar-refractivity contribution in [1.29, 1.82) is 0 Å². The van der Waals surface area contributed by atoms with Gasteiger partial charge in [-0.15, -0.1) is 0 Å². The predicted octanol–water partition coefficient (Wildman–Crippen LogP) is 0.153. The maximum atomic E-state index is 12.4. The number of hydrogen-bond acceptors (Lipinski definition) is 6. The minimum atomic E-state index is -3.72. The van der Waals surface area contributed by atoms with Gasteiger partial charge in [0.1, 0.15) is 6.54 Å². The Hall–Kier alpha value is -1.15. The largest absolute Gasteiger partial charge is 0.469 e. The van der Waals surface area contributed by atoms with Crippen LogP contribution in [0.2, 0.25) is 0 Å². The number of sulfonamides is 1. The Kier molecular flexibility index (Phi) is 5.94. The Morgan fingerprint density at radius 2 is 1.95 bits per heavy atom. The molecule has 0 saturated heterocycles. The molecule has 116 valence electrons. The van der Waals surface area contributed by atoms with Gasteiger partial charge in [0.05, 0.1) is 24.9 Å². The summed E-state index contributed by atoms with van der Waals surface area (Å²) in [4.78, 5) is 23.0. The minimum absolute atomic E-state index is 0.195. The highest BCUT2D eigenvalue weighted by Crippen LogP contribution is 2.33. The van der Waals surface area contributed by atoms with Crippen LogP contribution in [0.4, 0.5) is 0 Å². The number of hydrogen-bond donors (Lipinski definition) is 0. The standard InChI is InChI=1S/C12H21NO6S/c1-4-19-11(14)8-13(2)20(16,17)10-7-5-6-9(10)12(15)18-3/h9-10H,4-8H2,1-3H3. The van der Waals surface area contributed by atoms with Crippen LogP contribution in [-0.2, 0) is 29.1 Å². The van der Waals surface area contributed by atoms with Crippen LogP contribution in [-0.4, -0.2) is 57.2 Å². The molecule has 7 nitrogen and oxygen atoms in total. The van der Waals surface area contributed by atoms with E-state index in [-0.39, 0.29) is 13.2 Å². The molecule has 1 aliphatic rings. The van der Waals surface area contributed by atoms with Crippen molar-refractivity contribution in [1.82, 2.24) is 4.31 Å². The number of methoxy groups -OCH3 is 1. The number of carbonyl (C=O) groups is 2. The van der Waals surface area contributed by atoms with Crippen molar-refractivity contribution in [2.24, 2.45) is 5.92 Å². The molecule has 8 heteroatoms. The van der Waals surface area contributed by atoms with Gasteiger partial charge in [-0.3, -0.25) is 9.59 Å². The van der Waals surface area contributed by atoms with Gasteiger partial charge in [0.15, 0.2) is 0 Å². The first-order valence-electron chi connectivity index (χ1n) is 6.53. The molecular weight excluding hydrogens is 286 g/mol. The second-order valence-electron chi connectivity index (χ2n) is 4.71. The lowest BCUT2D eigenvalue weighted by atomic mass is 10.1. The molecule has 1 aliphatic carbocycles. The van der Waals surface area contributed by atoms with E-state index in [1.54, 1.807) is 6.92 Å². The van der Waals surface area contributed by atoms with Gasteiger partial charge in [0.25, 0.3) is 0 Å². The van der Waals surface area contributed by atoms with E-state index < -0.39 is 33.1 Å². The number of carbonyl (C=O) groups excluding carboxylic acids is 2. The van der Waals surface area contributed by atoms with Gasteiger partial charge in [0, 0.05) is 7.05 Å². The van der Waals surface area contributed by atoms with E-state index in [0.29, 0.717) is 19.3 Å². The monoisotopic (exact) mass is 307 g/mol. The topological polar surface area (TPSA) is 90.0 Å². The molecule has 0 aromatic heterocycles. The summed E-state index contributed by atoms with van der Waals surface area (Å²) in [5.41, 5.74) is 0. The molecule has 0 aliphatic heterocycles. The number of ether oxygens (including phenoxy) is 2. The fraction of sp³-hybridized carbons (Fsp3) is 0.833. The first-order valence-corrected chi connectivity index (χ1v) is 8.03. The molecule has 2 atom stereocenters. The summed E-state index contributed by atoms with van der Waals surface area (Å²) < 4.78 is 35.2. The van der Waals surface area contributed by atoms with E-state index >= 15 is 0 Å². The minimum Gasteiger partial charge on any atom is -0.469 e. The lowest BCUT2D eigenvalue weighted by Gasteiger charge is -2.24. The quantitative estimate of drug-likeness (QED) is 0.649. The molecule has 0 amide bonds. The third kappa shape index (κ3) is 3.69. The summed E-state index contributed by atoms with van der Waals surface area (Å²) in [7, 11) is -1.16. The van der Waals surface area contributed by atoms with E-state index in [1.165, 1.54) is 14.2 Å². The van der Waals surface area contributed by atoms with Crippen LogP contribution in [0.25, 0.3) is 0 Å². The van der Waals surface area contributed by atoms with Gasteiger partial charge < -0.3 is 9.47 Å². The molecule has 1 fully saturated rings. The smallest absolute Gasteiger partial charge is 0.321 e. The van der Waals surface area contributed by atoms with Crippen LogP contribution in [0.1, 0.15) is 26.2 Å². The Morgan fingerprint density at radius 3 is 2.50 bits per heavy atom. The Morgan fingerprint density at radius 1 is 1.30 bits per heavy atom. The van der Waals surface area contributed by atoms with Crippen molar-refractivity contribution in [3.8, 4) is 0 Å². The number of esters is 2. The van der Waals surface area contributed by atoms with Crippen molar-refractivity contribution < 1.29 is 27.5 Å². The zero-order valence-electron chi connectivity index (χ0n) is 12.0. The fourth-order valence-electron chi connectivity index (χ4n) is 2.41. The summed E-state index contributed by atoms with van der Waals surface area (Å²) in [6.45, 7) is 1.50. The third-order valence-corrected chi connectivity index (χ3v) is 5.76. The van der Waals surface area contributed by atoms with E-state index in [0.717, 1.165) is 4.31 Å². The second-order valence-corrected chi connectivity index (χ2v) is 6.96. The number of nitrogens with zero attached hydrogens (tertiary/aromatic N) is 1. The van der Waals surface area contributed by atoms with Crippen LogP contribution in [0.5, 0.6) is 0 Å². The molecule has 0 spiro atoms. The summed E-state index contributed by atoms with van der Waals surface area (Å²) in [5, 5.41) is -0.825. The summed E-state index contributed by atoms with van der Waals surface area (Å²) >= 11 is 0. The molecule has 2 unspecified atom stereocenters. The van der Waals surface area contributed by atoms with Crippen molar-refractivity contribution in [3.63, 3.8) is 0 Å². The highest BCUT2D eigenvalue weighted by molar-refractivity contribution is 7.89. The molecule has 0 bridgehead atoms. The third-order valence-electron chi connectivity index (χ3n) is 3.43. The molecule has 0 N–H and O–H groups in total. The van der Waals surface area contributed by atoms with E-state index in [4.69, 9.17) is 4.74 Å². The van der Waals surface area contributed by atoms with Gasteiger partial charge in [-0.05, 0) is 19.8 Å². The van der Waals surface area contributed by atoms with Gasteiger partial charge >= 0.3 is 11.9 Å². The normalized spacial score (nSPS) is 22.8. The molecule has 1 rings (SSSR count). The SMILES string of the molecule is CCOC(=O)CN(C)S(=O)(=O)C1CCCC1C(=O)OC. The molecule has 0 aromatic rings. The average molecular weight is 307 g/mol. The molecule has 0 heterocycles. The Labute approximate surface area is 119 Å². The second kappa shape index (κ2) is 7.03. The van der Waals surface area contributed by atoms with Crippen molar-refractivity contribution in [2.45, 2.75) is 31.4 Å². The molecule has 20 heavy (non-hydrogen) atoms. The van der Waals surface area contributed by atoms with Crippen molar-refractivity contribution >= 4 is 22.0 Å². The van der Waals surface area contributed by atoms with Gasteiger partial charge in [0.2, 0.25) is 10.0 Å². The summed E-state index contributed by atoms with van der Waals surface area (Å²) in [6.07, 6.45) is 1.54. The van der Waals surface area contributed by atoms with E-state index in [1.807, 2.05) is 0 Å². The first-order chi connectivity index (χ1) is 9.34.